The highest BCUT2D eigenvalue weighted by Gasteiger charge is 2.40. The molecule has 1 heterocycles. The van der Waals surface area contributed by atoms with Gasteiger partial charge < -0.3 is 16.2 Å². The van der Waals surface area contributed by atoms with E-state index in [-0.39, 0.29) is 12.0 Å². The maximum Gasteiger partial charge on any atom is 0.263 e. The van der Waals surface area contributed by atoms with Gasteiger partial charge in [0, 0.05) is 6.07 Å². The second-order valence-electron chi connectivity index (χ2n) is 7.52. The van der Waals surface area contributed by atoms with E-state index in [1.807, 2.05) is 30.3 Å². The van der Waals surface area contributed by atoms with Crippen molar-refractivity contribution in [3.63, 3.8) is 0 Å². The maximum absolute atomic E-state index is 13.6. The fourth-order valence-electron chi connectivity index (χ4n) is 3.47. The molecule has 0 bridgehead atoms. The number of nitrogens with zero attached hydrogens (tertiary/aromatic N) is 1. The molecule has 0 radical (unpaired) electrons. The molecule has 1 aliphatic rings. The van der Waals surface area contributed by atoms with Gasteiger partial charge in [0.15, 0.2) is 6.10 Å². The second kappa shape index (κ2) is 9.80. The minimum absolute atomic E-state index is 0.0242. The molecule has 3 rings (SSSR count). The number of aliphatic hydroxyl groups is 1. The molecule has 0 spiro atoms. The average molecular weight is 443 g/mol. The quantitative estimate of drug-likeness (QED) is 0.611. The van der Waals surface area contributed by atoms with Crippen LogP contribution in [0.25, 0.3) is 0 Å². The highest BCUT2D eigenvalue weighted by molar-refractivity contribution is 6.04. The van der Waals surface area contributed by atoms with Gasteiger partial charge in [-0.3, -0.25) is 19.3 Å². The molecule has 168 valence electrons. The summed E-state index contributed by atoms with van der Waals surface area (Å²) in [5.74, 6) is -4.75. The number of hydrogen-bond acceptors (Lipinski definition) is 5. The Kier molecular flexibility index (Phi) is 7.12. The topological polar surface area (TPSA) is 113 Å². The molecular formula is C23H23F2N3O4. The maximum atomic E-state index is 13.6. The van der Waals surface area contributed by atoms with Crippen molar-refractivity contribution in [1.29, 1.82) is 0 Å². The van der Waals surface area contributed by atoms with Gasteiger partial charge in [-0.2, -0.15) is 0 Å². The monoisotopic (exact) mass is 443 g/mol. The van der Waals surface area contributed by atoms with E-state index in [0.717, 1.165) is 17.7 Å². The van der Waals surface area contributed by atoms with Crippen LogP contribution in [0.2, 0.25) is 0 Å². The number of benzene rings is 2. The highest BCUT2D eigenvalue weighted by Crippen LogP contribution is 2.24. The summed E-state index contributed by atoms with van der Waals surface area (Å²) in [6.45, 7) is 1.33. The number of nitrogens with two attached hydrogens (primary N) is 1. The Morgan fingerprint density at radius 3 is 2.34 bits per heavy atom. The fraction of sp³-hybridized carbons (Fsp3) is 0.261. The van der Waals surface area contributed by atoms with Gasteiger partial charge in [-0.1, -0.05) is 42.5 Å². The van der Waals surface area contributed by atoms with Gasteiger partial charge in [0.1, 0.15) is 17.7 Å². The van der Waals surface area contributed by atoms with E-state index in [2.05, 4.69) is 5.32 Å². The summed E-state index contributed by atoms with van der Waals surface area (Å²) < 4.78 is 27.2. The number of nitrogens with one attached hydrogen (secondary N) is 1. The van der Waals surface area contributed by atoms with Crippen LogP contribution in [0.15, 0.2) is 60.7 Å². The third-order valence-corrected chi connectivity index (χ3v) is 5.06. The summed E-state index contributed by atoms with van der Waals surface area (Å²) in [6, 6.07) is 8.24. The normalized spacial score (nSPS) is 20.1. The van der Waals surface area contributed by atoms with Crippen LogP contribution in [0, 0.1) is 11.6 Å². The molecule has 32 heavy (non-hydrogen) atoms. The summed E-state index contributed by atoms with van der Waals surface area (Å²) in [4.78, 5) is 39.4. The number of halogens is 2. The van der Waals surface area contributed by atoms with Crippen LogP contribution in [0.1, 0.15) is 36.6 Å². The molecule has 0 saturated carbocycles. The standard InChI is InChI=1S/C23H23F2N3O4/c1-13(26)22(31)28(23(32)20(29)15-10-16(24)12-17(25)11-15)19-9-5-8-18(27-21(19)30)14-6-3-2-4-7-14/h2-8,10-13,18-20,29H,9,26H2,1H3,(H,27,30)/t13-,18-,19-,20-/m0/s1. The van der Waals surface area contributed by atoms with Crippen LogP contribution in [-0.2, 0) is 14.4 Å². The average Bonchev–Trinajstić information content (AvgIpc) is 2.95. The first-order chi connectivity index (χ1) is 15.2. The van der Waals surface area contributed by atoms with Crippen molar-refractivity contribution >= 4 is 17.7 Å². The molecule has 7 nitrogen and oxygen atoms in total. The number of hydrogen-bond donors (Lipinski definition) is 3. The Morgan fingerprint density at radius 1 is 1.12 bits per heavy atom. The SMILES string of the molecule is C[C@H](N)C(=O)N(C(=O)[C@@H](O)c1cc(F)cc(F)c1)[C@H]1CC=C[C@@H](c2ccccc2)NC1=O. The van der Waals surface area contributed by atoms with E-state index in [0.29, 0.717) is 11.0 Å². The predicted octanol–water partition coefficient (Wildman–Crippen LogP) is 1.89. The van der Waals surface area contributed by atoms with Crippen molar-refractivity contribution in [3.8, 4) is 0 Å². The largest absolute Gasteiger partial charge is 0.378 e. The summed E-state index contributed by atoms with van der Waals surface area (Å²) in [5, 5.41) is 13.2. The number of rotatable bonds is 5. The van der Waals surface area contributed by atoms with Crippen molar-refractivity contribution in [1.82, 2.24) is 10.2 Å². The minimum atomic E-state index is -2.08. The molecule has 0 unspecified atom stereocenters. The lowest BCUT2D eigenvalue weighted by Crippen LogP contribution is -2.56. The Morgan fingerprint density at radius 2 is 1.75 bits per heavy atom. The predicted molar refractivity (Wildman–Crippen MR) is 112 cm³/mol. The lowest BCUT2D eigenvalue weighted by molar-refractivity contribution is -0.157. The fourth-order valence-corrected chi connectivity index (χ4v) is 3.47. The molecule has 9 heteroatoms. The smallest absolute Gasteiger partial charge is 0.263 e. The second-order valence-corrected chi connectivity index (χ2v) is 7.52. The zero-order valence-corrected chi connectivity index (χ0v) is 17.2. The van der Waals surface area contributed by atoms with E-state index in [4.69, 9.17) is 5.73 Å². The summed E-state index contributed by atoms with van der Waals surface area (Å²) in [5.41, 5.74) is 6.08. The lowest BCUT2D eigenvalue weighted by Gasteiger charge is -2.31. The molecule has 3 amide bonds. The molecule has 0 saturated heterocycles. The number of imide groups is 1. The van der Waals surface area contributed by atoms with Crippen LogP contribution >= 0.6 is 0 Å². The zero-order valence-electron chi connectivity index (χ0n) is 17.2. The molecule has 0 aliphatic carbocycles. The van der Waals surface area contributed by atoms with E-state index in [1.165, 1.54) is 6.92 Å². The number of amides is 3. The van der Waals surface area contributed by atoms with Crippen LogP contribution in [0.5, 0.6) is 0 Å². The van der Waals surface area contributed by atoms with Gasteiger partial charge in [-0.05, 0) is 36.6 Å². The molecule has 0 fully saturated rings. The summed E-state index contributed by atoms with van der Waals surface area (Å²) in [6.07, 6.45) is 1.27. The van der Waals surface area contributed by atoms with Crippen LogP contribution < -0.4 is 11.1 Å². The number of carbonyl (C=O) groups is 3. The van der Waals surface area contributed by atoms with E-state index >= 15 is 0 Å². The third kappa shape index (κ3) is 5.06. The van der Waals surface area contributed by atoms with Gasteiger partial charge in [0.25, 0.3) is 5.91 Å². The van der Waals surface area contributed by atoms with Crippen molar-refractivity contribution in [2.24, 2.45) is 5.73 Å². The first-order valence-corrected chi connectivity index (χ1v) is 9.97. The van der Waals surface area contributed by atoms with Gasteiger partial charge >= 0.3 is 0 Å². The minimum Gasteiger partial charge on any atom is -0.378 e. The summed E-state index contributed by atoms with van der Waals surface area (Å²) >= 11 is 0. The third-order valence-electron chi connectivity index (χ3n) is 5.06. The van der Waals surface area contributed by atoms with Crippen molar-refractivity contribution in [2.75, 3.05) is 0 Å². The first-order valence-electron chi connectivity index (χ1n) is 9.97. The summed E-state index contributed by atoms with van der Waals surface area (Å²) in [7, 11) is 0. The van der Waals surface area contributed by atoms with Crippen LogP contribution in [-0.4, -0.2) is 39.8 Å². The Bertz CT molecular complexity index is 1020. The zero-order chi connectivity index (χ0) is 23.4. The van der Waals surface area contributed by atoms with E-state index in [1.54, 1.807) is 12.2 Å². The van der Waals surface area contributed by atoms with Crippen LogP contribution in [0.3, 0.4) is 0 Å². The molecular weight excluding hydrogens is 420 g/mol. The molecule has 2 aromatic rings. The van der Waals surface area contributed by atoms with Crippen molar-refractivity contribution in [2.45, 2.75) is 37.6 Å². The molecule has 1 aliphatic heterocycles. The molecule has 4 N–H and O–H groups in total. The van der Waals surface area contributed by atoms with Crippen molar-refractivity contribution in [3.05, 3.63) is 83.4 Å². The Hall–Kier alpha value is -3.43. The first kappa shape index (κ1) is 23.2. The van der Waals surface area contributed by atoms with Crippen LogP contribution in [0.4, 0.5) is 8.78 Å². The van der Waals surface area contributed by atoms with Gasteiger partial charge in [0.05, 0.1) is 12.1 Å². The Labute approximate surface area is 183 Å². The van der Waals surface area contributed by atoms with Crippen molar-refractivity contribution < 1.29 is 28.3 Å². The lowest BCUT2D eigenvalue weighted by atomic mass is 10.0. The molecule has 2 aromatic carbocycles. The molecule has 0 aromatic heterocycles. The van der Waals surface area contributed by atoms with Gasteiger partial charge in [0.2, 0.25) is 11.8 Å². The van der Waals surface area contributed by atoms with E-state index in [9.17, 15) is 28.3 Å². The Balaban J connectivity index is 1.91. The van der Waals surface area contributed by atoms with Gasteiger partial charge in [-0.15, -0.1) is 0 Å². The highest BCUT2D eigenvalue weighted by atomic mass is 19.1. The molecule has 4 atom stereocenters. The number of aliphatic hydroxyl groups excluding tert-OH is 1. The van der Waals surface area contributed by atoms with Gasteiger partial charge in [-0.25, -0.2) is 8.78 Å². The number of carbonyl (C=O) groups excluding carboxylic acids is 3. The van der Waals surface area contributed by atoms with E-state index < -0.39 is 53.6 Å².